The number of aromatic amines is 1. The Morgan fingerprint density at radius 2 is 1.62 bits per heavy atom. The second-order valence-electron chi connectivity index (χ2n) is 7.22. The number of nitrogens with one attached hydrogen (secondary N) is 2. The van der Waals surface area contributed by atoms with E-state index >= 15 is 0 Å². The van der Waals surface area contributed by atoms with E-state index in [2.05, 4.69) is 15.2 Å². The van der Waals surface area contributed by atoms with E-state index in [0.717, 1.165) is 35.1 Å². The monoisotopic (exact) mass is 389 g/mol. The SMILES string of the molecule is O=C(Cc1cccc2ccccc12)NCC(=O)N1CCN(c2cc[nH+]cc2)CC1. The molecule has 4 rings (SSSR count). The Balaban J connectivity index is 1.27. The second kappa shape index (κ2) is 8.73. The molecular formula is C23H25N4O2+. The van der Waals surface area contributed by atoms with Crippen molar-refractivity contribution in [2.24, 2.45) is 0 Å². The molecule has 1 aromatic heterocycles. The van der Waals surface area contributed by atoms with E-state index in [1.165, 1.54) is 0 Å². The highest BCUT2D eigenvalue weighted by molar-refractivity contribution is 5.91. The molecular weight excluding hydrogens is 364 g/mol. The topological polar surface area (TPSA) is 66.8 Å². The van der Waals surface area contributed by atoms with Crippen molar-refractivity contribution < 1.29 is 14.6 Å². The molecule has 29 heavy (non-hydrogen) atoms. The normalized spacial score (nSPS) is 14.1. The zero-order valence-corrected chi connectivity index (χ0v) is 16.3. The maximum Gasteiger partial charge on any atom is 0.242 e. The number of nitrogens with zero attached hydrogens (tertiary/aromatic N) is 2. The number of rotatable bonds is 5. The number of H-pyrrole nitrogens is 1. The Kier molecular flexibility index (Phi) is 5.70. The van der Waals surface area contributed by atoms with E-state index in [0.29, 0.717) is 13.1 Å². The minimum atomic E-state index is -0.131. The lowest BCUT2D eigenvalue weighted by Crippen LogP contribution is -2.51. The highest BCUT2D eigenvalue weighted by Crippen LogP contribution is 2.19. The molecule has 1 fully saturated rings. The molecule has 0 radical (unpaired) electrons. The lowest BCUT2D eigenvalue weighted by molar-refractivity contribution is -0.377. The number of hydrogen-bond donors (Lipinski definition) is 1. The zero-order valence-electron chi connectivity index (χ0n) is 16.3. The van der Waals surface area contributed by atoms with Gasteiger partial charge >= 0.3 is 0 Å². The van der Waals surface area contributed by atoms with E-state index < -0.39 is 0 Å². The molecule has 2 N–H and O–H groups in total. The molecule has 0 aliphatic carbocycles. The first-order valence-electron chi connectivity index (χ1n) is 9.93. The van der Waals surface area contributed by atoms with E-state index in [-0.39, 0.29) is 24.8 Å². The molecule has 1 aliphatic rings. The van der Waals surface area contributed by atoms with Crippen molar-refractivity contribution >= 4 is 28.3 Å². The molecule has 2 amide bonds. The number of carbonyl (C=O) groups excluding carboxylic acids is 2. The van der Waals surface area contributed by atoms with Gasteiger partial charge in [0.05, 0.1) is 13.0 Å². The third kappa shape index (κ3) is 4.54. The fourth-order valence-electron chi connectivity index (χ4n) is 3.77. The van der Waals surface area contributed by atoms with Gasteiger partial charge in [-0.25, -0.2) is 4.98 Å². The standard InChI is InChI=1S/C23H24N4O2/c28-22(16-19-6-3-5-18-4-1-2-7-21(18)19)25-17-23(29)27-14-12-26(13-15-27)20-8-10-24-11-9-20/h1-11H,12-17H2,(H,25,28)/p+1. The molecule has 0 spiro atoms. The molecule has 3 aromatic rings. The maximum atomic E-state index is 12.5. The summed E-state index contributed by atoms with van der Waals surface area (Å²) in [4.78, 5) is 32.0. The number of benzene rings is 2. The number of fused-ring (bicyclic) bond motifs is 1. The van der Waals surface area contributed by atoms with E-state index in [1.807, 2.05) is 71.9 Å². The summed E-state index contributed by atoms with van der Waals surface area (Å²) in [6, 6.07) is 18.0. The Hall–Kier alpha value is -3.41. The van der Waals surface area contributed by atoms with Crippen LogP contribution in [0.4, 0.5) is 5.69 Å². The number of piperazine rings is 1. The van der Waals surface area contributed by atoms with Crippen LogP contribution in [0.25, 0.3) is 10.8 Å². The molecule has 2 heterocycles. The predicted molar refractivity (Wildman–Crippen MR) is 112 cm³/mol. The van der Waals surface area contributed by atoms with Crippen molar-refractivity contribution in [3.8, 4) is 0 Å². The molecule has 0 saturated carbocycles. The van der Waals surface area contributed by atoms with Crippen molar-refractivity contribution in [2.75, 3.05) is 37.6 Å². The summed E-state index contributed by atoms with van der Waals surface area (Å²) < 4.78 is 0. The first-order chi connectivity index (χ1) is 14.2. The van der Waals surface area contributed by atoms with Gasteiger partial charge in [-0.15, -0.1) is 0 Å². The number of hydrogen-bond acceptors (Lipinski definition) is 3. The first kappa shape index (κ1) is 18.9. The molecule has 6 heteroatoms. The van der Waals surface area contributed by atoms with Gasteiger partial charge in [-0.05, 0) is 16.3 Å². The van der Waals surface area contributed by atoms with Crippen LogP contribution in [0.5, 0.6) is 0 Å². The molecule has 0 unspecified atom stereocenters. The van der Waals surface area contributed by atoms with E-state index in [9.17, 15) is 9.59 Å². The quantitative estimate of drug-likeness (QED) is 0.722. The van der Waals surface area contributed by atoms with Crippen LogP contribution in [0, 0.1) is 0 Å². The third-order valence-electron chi connectivity index (χ3n) is 5.37. The first-order valence-corrected chi connectivity index (χ1v) is 9.93. The average molecular weight is 389 g/mol. The van der Waals surface area contributed by atoms with Gasteiger partial charge in [0.2, 0.25) is 11.8 Å². The summed E-state index contributed by atoms with van der Waals surface area (Å²) in [5, 5.41) is 4.98. The van der Waals surface area contributed by atoms with Crippen LogP contribution in [0.1, 0.15) is 5.56 Å². The number of anilines is 1. The summed E-state index contributed by atoms with van der Waals surface area (Å²) in [6.45, 7) is 2.95. The van der Waals surface area contributed by atoms with Crippen molar-refractivity contribution in [1.82, 2.24) is 10.2 Å². The molecule has 148 valence electrons. The summed E-state index contributed by atoms with van der Waals surface area (Å²) >= 11 is 0. The highest BCUT2D eigenvalue weighted by Gasteiger charge is 2.21. The Labute approximate surface area is 170 Å². The molecule has 1 aliphatic heterocycles. The molecule has 2 aromatic carbocycles. The van der Waals surface area contributed by atoms with Crippen molar-refractivity contribution in [2.45, 2.75) is 6.42 Å². The summed E-state index contributed by atoms with van der Waals surface area (Å²) in [5.41, 5.74) is 2.13. The van der Waals surface area contributed by atoms with Crippen LogP contribution in [0.2, 0.25) is 0 Å². The fourth-order valence-corrected chi connectivity index (χ4v) is 3.77. The molecule has 6 nitrogen and oxygen atoms in total. The van der Waals surface area contributed by atoms with Gasteiger partial charge in [0.15, 0.2) is 12.4 Å². The van der Waals surface area contributed by atoms with Crippen LogP contribution in [-0.2, 0) is 16.0 Å². The van der Waals surface area contributed by atoms with Gasteiger partial charge in [0, 0.05) is 44.0 Å². The van der Waals surface area contributed by atoms with Crippen LogP contribution in [0.15, 0.2) is 67.0 Å². The third-order valence-corrected chi connectivity index (χ3v) is 5.37. The van der Waals surface area contributed by atoms with Gasteiger partial charge in [-0.2, -0.15) is 0 Å². The van der Waals surface area contributed by atoms with Gasteiger partial charge in [0.1, 0.15) is 0 Å². The largest absolute Gasteiger partial charge is 0.368 e. The average Bonchev–Trinajstić information content (AvgIpc) is 2.78. The molecule has 0 atom stereocenters. The highest BCUT2D eigenvalue weighted by atomic mass is 16.2. The lowest BCUT2D eigenvalue weighted by atomic mass is 10.0. The minimum absolute atomic E-state index is 0.0303. The maximum absolute atomic E-state index is 12.5. The Bertz CT molecular complexity index is 993. The van der Waals surface area contributed by atoms with Gasteiger partial charge in [0.25, 0.3) is 0 Å². The van der Waals surface area contributed by atoms with Crippen molar-refractivity contribution in [1.29, 1.82) is 0 Å². The summed E-state index contributed by atoms with van der Waals surface area (Å²) in [6.07, 6.45) is 4.07. The number of aromatic nitrogens is 1. The van der Waals surface area contributed by atoms with Gasteiger partial charge in [-0.1, -0.05) is 42.5 Å². The van der Waals surface area contributed by atoms with Gasteiger partial charge < -0.3 is 15.1 Å². The molecule has 0 bridgehead atoms. The smallest absolute Gasteiger partial charge is 0.242 e. The van der Waals surface area contributed by atoms with Crippen LogP contribution < -0.4 is 15.2 Å². The Morgan fingerprint density at radius 1 is 0.897 bits per heavy atom. The fraction of sp³-hybridized carbons (Fsp3) is 0.261. The summed E-state index contributed by atoms with van der Waals surface area (Å²) in [7, 11) is 0. The minimum Gasteiger partial charge on any atom is -0.368 e. The van der Waals surface area contributed by atoms with Gasteiger partial charge in [-0.3, -0.25) is 9.59 Å². The van der Waals surface area contributed by atoms with E-state index in [4.69, 9.17) is 0 Å². The van der Waals surface area contributed by atoms with Crippen molar-refractivity contribution in [3.05, 3.63) is 72.6 Å². The predicted octanol–water partition coefficient (Wildman–Crippen LogP) is 1.66. The molecule has 1 saturated heterocycles. The van der Waals surface area contributed by atoms with Crippen molar-refractivity contribution in [3.63, 3.8) is 0 Å². The summed E-state index contributed by atoms with van der Waals surface area (Å²) in [5.74, 6) is -0.161. The Morgan fingerprint density at radius 3 is 2.41 bits per heavy atom. The number of pyridine rings is 1. The van der Waals surface area contributed by atoms with E-state index in [1.54, 1.807) is 0 Å². The number of amides is 2. The second-order valence-corrected chi connectivity index (χ2v) is 7.22. The lowest BCUT2D eigenvalue weighted by Gasteiger charge is -2.35. The zero-order chi connectivity index (χ0) is 20.1. The number of carbonyl (C=O) groups is 2. The van der Waals surface area contributed by atoms with Crippen LogP contribution in [0.3, 0.4) is 0 Å². The van der Waals surface area contributed by atoms with Crippen LogP contribution >= 0.6 is 0 Å². The van der Waals surface area contributed by atoms with Crippen LogP contribution in [-0.4, -0.2) is 49.4 Å².